The molecule has 31 heavy (non-hydrogen) atoms. The Hall–Kier alpha value is -3.91. The van der Waals surface area contributed by atoms with Crippen molar-refractivity contribution in [3.63, 3.8) is 0 Å². The molecule has 0 aliphatic heterocycles. The molecule has 8 heteroatoms. The van der Waals surface area contributed by atoms with Gasteiger partial charge in [0.1, 0.15) is 17.1 Å². The first kappa shape index (κ1) is 20.4. The van der Waals surface area contributed by atoms with E-state index in [0.29, 0.717) is 39.7 Å². The number of anilines is 1. The minimum absolute atomic E-state index is 0.164. The van der Waals surface area contributed by atoms with E-state index >= 15 is 0 Å². The maximum Gasteiger partial charge on any atom is 0.345 e. The van der Waals surface area contributed by atoms with Crippen molar-refractivity contribution in [1.29, 1.82) is 0 Å². The molecule has 0 saturated heterocycles. The molecule has 0 atom stereocenters. The SMILES string of the molecule is C=CCc1cccc(/C=N/Nc2nc(-c3cc4cc(OC)ccc4oc3=O)cs2)c1O. The van der Waals surface area contributed by atoms with Crippen LogP contribution < -0.4 is 15.8 Å². The van der Waals surface area contributed by atoms with Crippen molar-refractivity contribution in [2.45, 2.75) is 6.42 Å². The van der Waals surface area contributed by atoms with E-state index in [1.54, 1.807) is 48.9 Å². The summed E-state index contributed by atoms with van der Waals surface area (Å²) in [5, 5.41) is 17.4. The highest BCUT2D eigenvalue weighted by molar-refractivity contribution is 7.14. The lowest BCUT2D eigenvalue weighted by atomic mass is 10.1. The number of nitrogens with one attached hydrogen (secondary N) is 1. The van der Waals surface area contributed by atoms with Crippen molar-refractivity contribution in [1.82, 2.24) is 4.98 Å². The van der Waals surface area contributed by atoms with E-state index in [-0.39, 0.29) is 5.75 Å². The van der Waals surface area contributed by atoms with Gasteiger partial charge in [0.15, 0.2) is 0 Å². The van der Waals surface area contributed by atoms with E-state index in [2.05, 4.69) is 22.1 Å². The molecule has 0 aliphatic carbocycles. The molecule has 4 rings (SSSR count). The van der Waals surface area contributed by atoms with E-state index in [1.807, 2.05) is 12.1 Å². The lowest BCUT2D eigenvalue weighted by Gasteiger charge is -2.04. The first-order valence-corrected chi connectivity index (χ1v) is 10.3. The van der Waals surface area contributed by atoms with E-state index in [0.717, 1.165) is 10.9 Å². The van der Waals surface area contributed by atoms with Crippen molar-refractivity contribution in [2.75, 3.05) is 12.5 Å². The highest BCUT2D eigenvalue weighted by Gasteiger charge is 2.12. The molecule has 7 nitrogen and oxygen atoms in total. The van der Waals surface area contributed by atoms with Gasteiger partial charge in [0, 0.05) is 16.3 Å². The first-order valence-electron chi connectivity index (χ1n) is 9.37. The number of hydrogen-bond donors (Lipinski definition) is 2. The van der Waals surface area contributed by atoms with Crippen molar-refractivity contribution < 1.29 is 14.3 Å². The normalized spacial score (nSPS) is 11.1. The number of thiazole rings is 1. The Morgan fingerprint density at radius 2 is 2.19 bits per heavy atom. The van der Waals surface area contributed by atoms with Gasteiger partial charge < -0.3 is 14.3 Å². The number of benzene rings is 2. The predicted molar refractivity (Wildman–Crippen MR) is 123 cm³/mol. The number of nitrogens with zero attached hydrogens (tertiary/aromatic N) is 2. The molecule has 0 fully saturated rings. The molecule has 2 heterocycles. The molecule has 0 unspecified atom stereocenters. The number of allylic oxidation sites excluding steroid dienone is 1. The Morgan fingerprint density at radius 3 is 3.00 bits per heavy atom. The topological polar surface area (TPSA) is 97.0 Å². The van der Waals surface area contributed by atoms with Gasteiger partial charge in [-0.25, -0.2) is 9.78 Å². The number of hydrogen-bond acceptors (Lipinski definition) is 8. The molecule has 0 saturated carbocycles. The minimum Gasteiger partial charge on any atom is -0.507 e. The number of phenolic OH excluding ortho intramolecular Hbond substituents is 1. The van der Waals surface area contributed by atoms with Crippen LogP contribution in [0.3, 0.4) is 0 Å². The number of rotatable bonds is 7. The predicted octanol–water partition coefficient (Wildman–Crippen LogP) is 4.81. The molecule has 0 spiro atoms. The van der Waals surface area contributed by atoms with Crippen LogP contribution in [0, 0.1) is 0 Å². The zero-order chi connectivity index (χ0) is 21.8. The van der Waals surface area contributed by atoms with Crippen molar-refractivity contribution >= 4 is 33.7 Å². The molecule has 0 radical (unpaired) electrons. The fourth-order valence-corrected chi connectivity index (χ4v) is 3.71. The van der Waals surface area contributed by atoms with Crippen LogP contribution in [0.5, 0.6) is 11.5 Å². The number of aromatic nitrogens is 1. The van der Waals surface area contributed by atoms with Crippen molar-refractivity contribution in [3.05, 3.63) is 82.0 Å². The third kappa shape index (κ3) is 4.34. The monoisotopic (exact) mass is 433 g/mol. The number of fused-ring (bicyclic) bond motifs is 1. The van der Waals surface area contributed by atoms with Gasteiger partial charge in [0.05, 0.1) is 24.6 Å². The third-order valence-electron chi connectivity index (χ3n) is 4.60. The third-order valence-corrected chi connectivity index (χ3v) is 5.35. The Balaban J connectivity index is 1.56. The molecular formula is C23H19N3O4S. The van der Waals surface area contributed by atoms with E-state index < -0.39 is 5.63 Å². The van der Waals surface area contributed by atoms with Gasteiger partial charge in [0.2, 0.25) is 5.13 Å². The molecular weight excluding hydrogens is 414 g/mol. The quantitative estimate of drug-likeness (QED) is 0.188. The Labute approximate surface area is 182 Å². The van der Waals surface area contributed by atoms with Crippen LogP contribution in [0.1, 0.15) is 11.1 Å². The lowest BCUT2D eigenvalue weighted by Crippen LogP contribution is -2.03. The number of hydrazone groups is 1. The van der Waals surface area contributed by atoms with Crippen LogP contribution in [0.25, 0.3) is 22.2 Å². The van der Waals surface area contributed by atoms with Crippen LogP contribution in [0.4, 0.5) is 5.13 Å². The smallest absolute Gasteiger partial charge is 0.345 e. The Kier molecular flexibility index (Phi) is 5.81. The second-order valence-electron chi connectivity index (χ2n) is 6.61. The molecule has 0 aliphatic rings. The molecule has 2 N–H and O–H groups in total. The minimum atomic E-state index is -0.470. The maximum absolute atomic E-state index is 12.4. The first-order chi connectivity index (χ1) is 15.1. The molecule has 2 aromatic carbocycles. The number of methoxy groups -OCH3 is 1. The average molecular weight is 433 g/mol. The van der Waals surface area contributed by atoms with Gasteiger partial charge in [-0.2, -0.15) is 5.10 Å². The van der Waals surface area contributed by atoms with E-state index in [9.17, 15) is 9.90 Å². The number of ether oxygens (including phenoxy) is 1. The summed E-state index contributed by atoms with van der Waals surface area (Å²) in [4.78, 5) is 16.8. The molecule has 0 bridgehead atoms. The second kappa shape index (κ2) is 8.85. The van der Waals surface area contributed by atoms with Gasteiger partial charge in [0.25, 0.3) is 0 Å². The summed E-state index contributed by atoms with van der Waals surface area (Å²) >= 11 is 1.30. The standard InChI is InChI=1S/C23H19N3O4S/c1-3-5-14-6-4-7-15(21(14)27)12-24-26-23-25-19(13-31-23)18-11-16-10-17(29-2)8-9-20(16)30-22(18)28/h3-4,6-13,27H,1,5H2,2H3,(H,25,26)/b24-12+. The van der Waals surface area contributed by atoms with Gasteiger partial charge in [-0.05, 0) is 42.3 Å². The van der Waals surface area contributed by atoms with E-state index in [1.165, 1.54) is 17.6 Å². The largest absolute Gasteiger partial charge is 0.507 e. The fraction of sp³-hybridized carbons (Fsp3) is 0.0870. The van der Waals surface area contributed by atoms with Gasteiger partial charge in [-0.1, -0.05) is 18.2 Å². The molecule has 156 valence electrons. The molecule has 2 aromatic heterocycles. The van der Waals surface area contributed by atoms with E-state index in [4.69, 9.17) is 9.15 Å². The van der Waals surface area contributed by atoms with Crippen LogP contribution in [0.15, 0.2) is 74.8 Å². The van der Waals surface area contributed by atoms with Crippen molar-refractivity contribution in [2.24, 2.45) is 5.10 Å². The number of para-hydroxylation sites is 1. The summed E-state index contributed by atoms with van der Waals surface area (Å²) in [5.41, 5.74) is 5.02. The lowest BCUT2D eigenvalue weighted by molar-refractivity contribution is 0.415. The van der Waals surface area contributed by atoms with Crippen LogP contribution in [0.2, 0.25) is 0 Å². The average Bonchev–Trinajstić information content (AvgIpc) is 3.24. The fourth-order valence-electron chi connectivity index (χ4n) is 3.05. The number of aromatic hydroxyl groups is 1. The van der Waals surface area contributed by atoms with Crippen LogP contribution in [-0.2, 0) is 6.42 Å². The second-order valence-corrected chi connectivity index (χ2v) is 7.47. The van der Waals surface area contributed by atoms with Gasteiger partial charge >= 0.3 is 5.63 Å². The zero-order valence-electron chi connectivity index (χ0n) is 16.7. The van der Waals surface area contributed by atoms with Crippen LogP contribution >= 0.6 is 11.3 Å². The summed E-state index contributed by atoms with van der Waals surface area (Å²) in [6.07, 6.45) is 3.81. The summed E-state index contributed by atoms with van der Waals surface area (Å²) in [5.74, 6) is 0.833. The van der Waals surface area contributed by atoms with Crippen molar-refractivity contribution in [3.8, 4) is 22.8 Å². The Bertz CT molecular complexity index is 1340. The zero-order valence-corrected chi connectivity index (χ0v) is 17.5. The Morgan fingerprint density at radius 1 is 1.32 bits per heavy atom. The summed E-state index contributed by atoms with van der Waals surface area (Å²) < 4.78 is 10.6. The summed E-state index contributed by atoms with van der Waals surface area (Å²) in [6, 6.07) is 12.4. The molecule has 4 aromatic rings. The number of phenols is 1. The molecule has 0 amide bonds. The maximum atomic E-state index is 12.4. The summed E-state index contributed by atoms with van der Waals surface area (Å²) in [7, 11) is 1.58. The van der Waals surface area contributed by atoms with Gasteiger partial charge in [-0.3, -0.25) is 5.43 Å². The van der Waals surface area contributed by atoms with Crippen LogP contribution in [-0.4, -0.2) is 23.4 Å². The highest BCUT2D eigenvalue weighted by Crippen LogP contribution is 2.27. The van der Waals surface area contributed by atoms with Gasteiger partial charge in [-0.15, -0.1) is 17.9 Å². The highest BCUT2D eigenvalue weighted by atomic mass is 32.1. The summed E-state index contributed by atoms with van der Waals surface area (Å²) in [6.45, 7) is 3.69.